The topological polar surface area (TPSA) is 90.6 Å². The number of alkyl carbamates (subject to hydrolysis) is 1. The lowest BCUT2D eigenvalue weighted by Crippen LogP contribution is -2.43. The molecule has 2 N–H and O–H groups in total. The minimum Gasteiger partial charge on any atom is -0.447 e. The standard InChI is InChI=1S/C12H26N2O6Si/c1-16-21(17-2,18-3)8-4-5-13-6-7-14-12(15)20-10-11-9-19-11/h11,13H,4-10H2,1-3H3,(H,14,15). The van der Waals surface area contributed by atoms with Crippen LogP contribution in [-0.4, -0.2) is 75.2 Å². The lowest BCUT2D eigenvalue weighted by Gasteiger charge is -2.24. The number of epoxide rings is 1. The summed E-state index contributed by atoms with van der Waals surface area (Å²) in [5, 5.41) is 5.89. The molecule has 1 atom stereocenters. The van der Waals surface area contributed by atoms with Gasteiger partial charge in [0.25, 0.3) is 0 Å². The predicted octanol–water partition coefficient (Wildman–Crippen LogP) is -0.0308. The maximum absolute atomic E-state index is 11.3. The molecule has 8 nitrogen and oxygen atoms in total. The van der Waals surface area contributed by atoms with Gasteiger partial charge in [0.05, 0.1) is 6.61 Å². The zero-order valence-electron chi connectivity index (χ0n) is 13.0. The second-order valence-electron chi connectivity index (χ2n) is 4.63. The van der Waals surface area contributed by atoms with Crippen LogP contribution in [0.4, 0.5) is 4.79 Å². The molecule has 0 spiro atoms. The Balaban J connectivity index is 1.92. The van der Waals surface area contributed by atoms with Crippen molar-refractivity contribution in [2.24, 2.45) is 0 Å². The van der Waals surface area contributed by atoms with E-state index in [9.17, 15) is 4.79 Å². The second-order valence-corrected chi connectivity index (χ2v) is 7.72. The summed E-state index contributed by atoms with van der Waals surface area (Å²) in [6.07, 6.45) is 0.572. The molecular weight excluding hydrogens is 296 g/mol. The fourth-order valence-corrected chi connectivity index (χ4v) is 3.47. The highest BCUT2D eigenvalue weighted by molar-refractivity contribution is 6.60. The number of hydrogen-bond acceptors (Lipinski definition) is 7. The third-order valence-electron chi connectivity index (χ3n) is 3.14. The number of carbonyl (C=O) groups is 1. The number of carbonyl (C=O) groups excluding carboxylic acids is 1. The first-order chi connectivity index (χ1) is 10.2. The summed E-state index contributed by atoms with van der Waals surface area (Å²) in [5.74, 6) is 0. The summed E-state index contributed by atoms with van der Waals surface area (Å²) in [7, 11) is 2.36. The lowest BCUT2D eigenvalue weighted by molar-refractivity contribution is 0.123. The normalized spacial score (nSPS) is 17.6. The zero-order chi connectivity index (χ0) is 15.6. The molecule has 1 rings (SSSR count). The van der Waals surface area contributed by atoms with Gasteiger partial charge < -0.3 is 33.4 Å². The van der Waals surface area contributed by atoms with E-state index in [0.29, 0.717) is 26.3 Å². The van der Waals surface area contributed by atoms with Crippen LogP contribution in [0.2, 0.25) is 6.04 Å². The van der Waals surface area contributed by atoms with Crippen LogP contribution in [0.3, 0.4) is 0 Å². The van der Waals surface area contributed by atoms with Crippen molar-refractivity contribution in [3.63, 3.8) is 0 Å². The van der Waals surface area contributed by atoms with Crippen LogP contribution in [0.1, 0.15) is 6.42 Å². The van der Waals surface area contributed by atoms with Crippen molar-refractivity contribution in [3.8, 4) is 0 Å². The molecular formula is C12H26N2O6Si. The van der Waals surface area contributed by atoms with Crippen LogP contribution in [0.15, 0.2) is 0 Å². The highest BCUT2D eigenvalue weighted by Gasteiger charge is 2.36. The minimum atomic E-state index is -2.46. The van der Waals surface area contributed by atoms with Gasteiger partial charge in [-0.3, -0.25) is 0 Å². The molecule has 1 heterocycles. The zero-order valence-corrected chi connectivity index (χ0v) is 14.0. The molecule has 21 heavy (non-hydrogen) atoms. The van der Waals surface area contributed by atoms with E-state index < -0.39 is 14.9 Å². The van der Waals surface area contributed by atoms with E-state index in [-0.39, 0.29) is 6.10 Å². The second kappa shape index (κ2) is 10.1. The third kappa shape index (κ3) is 7.74. The summed E-state index contributed by atoms with van der Waals surface area (Å²) in [6, 6.07) is 0.750. The molecule has 1 amide bonds. The van der Waals surface area contributed by atoms with Gasteiger partial charge in [-0.1, -0.05) is 0 Å². The molecule has 1 fully saturated rings. The first-order valence-corrected chi connectivity index (χ1v) is 8.97. The Labute approximate surface area is 126 Å². The van der Waals surface area contributed by atoms with Crippen LogP contribution < -0.4 is 10.6 Å². The molecule has 0 aromatic heterocycles. The molecule has 0 aromatic rings. The van der Waals surface area contributed by atoms with Crippen LogP contribution >= 0.6 is 0 Å². The number of rotatable bonds is 12. The Kier molecular flexibility index (Phi) is 8.81. The number of nitrogens with one attached hydrogen (secondary N) is 2. The van der Waals surface area contributed by atoms with Gasteiger partial charge in [-0.05, 0) is 13.0 Å². The van der Waals surface area contributed by atoms with E-state index in [2.05, 4.69) is 10.6 Å². The Morgan fingerprint density at radius 3 is 2.43 bits per heavy atom. The van der Waals surface area contributed by atoms with Gasteiger partial charge in [-0.2, -0.15) is 0 Å². The average Bonchev–Trinajstić information content (AvgIpc) is 3.33. The summed E-state index contributed by atoms with van der Waals surface area (Å²) >= 11 is 0. The molecule has 0 radical (unpaired) electrons. The highest BCUT2D eigenvalue weighted by Crippen LogP contribution is 2.14. The van der Waals surface area contributed by atoms with Crippen molar-refractivity contribution in [2.45, 2.75) is 18.6 Å². The predicted molar refractivity (Wildman–Crippen MR) is 78.2 cm³/mol. The van der Waals surface area contributed by atoms with Crippen molar-refractivity contribution >= 4 is 14.9 Å². The molecule has 1 unspecified atom stereocenters. The molecule has 1 aliphatic rings. The molecule has 1 saturated heterocycles. The lowest BCUT2D eigenvalue weighted by atomic mass is 10.4. The fraction of sp³-hybridized carbons (Fsp3) is 0.917. The van der Waals surface area contributed by atoms with Gasteiger partial charge in [0.1, 0.15) is 12.7 Å². The van der Waals surface area contributed by atoms with E-state index in [4.69, 9.17) is 22.8 Å². The van der Waals surface area contributed by atoms with Crippen molar-refractivity contribution in [2.75, 3.05) is 54.2 Å². The number of amides is 1. The summed E-state index contributed by atoms with van der Waals surface area (Å²) < 4.78 is 25.9. The van der Waals surface area contributed by atoms with Gasteiger partial charge in [0.15, 0.2) is 0 Å². The number of ether oxygens (including phenoxy) is 2. The Morgan fingerprint density at radius 1 is 1.19 bits per heavy atom. The summed E-state index contributed by atoms with van der Waals surface area (Å²) in [4.78, 5) is 11.3. The van der Waals surface area contributed by atoms with Gasteiger partial charge in [-0.25, -0.2) is 4.79 Å². The van der Waals surface area contributed by atoms with E-state index in [0.717, 1.165) is 19.0 Å². The average molecular weight is 322 g/mol. The van der Waals surface area contributed by atoms with Crippen LogP contribution in [-0.2, 0) is 22.8 Å². The van der Waals surface area contributed by atoms with Gasteiger partial charge in [0.2, 0.25) is 0 Å². The highest BCUT2D eigenvalue weighted by atomic mass is 28.4. The van der Waals surface area contributed by atoms with E-state index in [1.807, 2.05) is 0 Å². The van der Waals surface area contributed by atoms with Crippen molar-refractivity contribution in [3.05, 3.63) is 0 Å². The SMILES string of the molecule is CO[Si](CCCNCCNC(=O)OCC1CO1)(OC)OC. The minimum absolute atomic E-state index is 0.0978. The summed E-state index contributed by atoms with van der Waals surface area (Å²) in [6.45, 7) is 3.01. The Bertz CT molecular complexity index is 291. The van der Waals surface area contributed by atoms with Gasteiger partial charge >= 0.3 is 14.9 Å². The third-order valence-corrected chi connectivity index (χ3v) is 5.98. The van der Waals surface area contributed by atoms with Gasteiger partial charge in [-0.15, -0.1) is 0 Å². The van der Waals surface area contributed by atoms with Crippen molar-refractivity contribution in [1.29, 1.82) is 0 Å². The largest absolute Gasteiger partial charge is 0.500 e. The molecule has 1 aliphatic heterocycles. The Morgan fingerprint density at radius 2 is 1.86 bits per heavy atom. The van der Waals surface area contributed by atoms with Gasteiger partial charge in [0, 0.05) is 40.5 Å². The molecule has 0 saturated carbocycles. The molecule has 124 valence electrons. The fourth-order valence-electron chi connectivity index (χ4n) is 1.75. The quantitative estimate of drug-likeness (QED) is 0.296. The van der Waals surface area contributed by atoms with E-state index in [1.165, 1.54) is 0 Å². The first kappa shape index (κ1) is 18.3. The monoisotopic (exact) mass is 322 g/mol. The maximum Gasteiger partial charge on any atom is 0.500 e. The van der Waals surface area contributed by atoms with Crippen LogP contribution in [0.25, 0.3) is 0 Å². The summed E-state index contributed by atoms with van der Waals surface area (Å²) in [5.41, 5.74) is 0. The first-order valence-electron chi connectivity index (χ1n) is 7.04. The maximum atomic E-state index is 11.3. The number of hydrogen-bond donors (Lipinski definition) is 2. The van der Waals surface area contributed by atoms with Crippen molar-refractivity contribution in [1.82, 2.24) is 10.6 Å². The molecule has 9 heteroatoms. The van der Waals surface area contributed by atoms with E-state index in [1.54, 1.807) is 21.3 Å². The molecule has 0 aliphatic carbocycles. The molecule has 0 aromatic carbocycles. The van der Waals surface area contributed by atoms with Crippen LogP contribution in [0, 0.1) is 0 Å². The van der Waals surface area contributed by atoms with E-state index >= 15 is 0 Å². The van der Waals surface area contributed by atoms with Crippen LogP contribution in [0.5, 0.6) is 0 Å². The van der Waals surface area contributed by atoms with Crippen molar-refractivity contribution < 1.29 is 27.5 Å². The smallest absolute Gasteiger partial charge is 0.447 e. The Hall–Kier alpha value is -0.713. The molecule has 0 bridgehead atoms.